The van der Waals surface area contributed by atoms with Crippen LogP contribution in [-0.4, -0.2) is 51.6 Å². The van der Waals surface area contributed by atoms with E-state index in [2.05, 4.69) is 32.3 Å². The van der Waals surface area contributed by atoms with Crippen molar-refractivity contribution < 1.29 is 9.53 Å². The first-order valence-corrected chi connectivity index (χ1v) is 15.2. The molecule has 1 aliphatic heterocycles. The van der Waals surface area contributed by atoms with Gasteiger partial charge in [-0.3, -0.25) is 14.0 Å². The Morgan fingerprint density at radius 1 is 0.977 bits per heavy atom. The van der Waals surface area contributed by atoms with Gasteiger partial charge in [0.15, 0.2) is 0 Å². The number of aromatic nitrogens is 4. The molecular formula is C33H32N6O3S. The van der Waals surface area contributed by atoms with Gasteiger partial charge in [0.1, 0.15) is 17.8 Å². The molecule has 4 aromatic heterocycles. The highest BCUT2D eigenvalue weighted by atomic mass is 32.1. The number of benzene rings is 2. The number of anilines is 2. The lowest BCUT2D eigenvalue weighted by molar-refractivity contribution is -0.115. The summed E-state index contributed by atoms with van der Waals surface area (Å²) in [5, 5.41) is 5.15. The number of amides is 1. The zero-order chi connectivity index (χ0) is 29.9. The van der Waals surface area contributed by atoms with Gasteiger partial charge in [-0.15, -0.1) is 11.3 Å². The Kier molecular flexibility index (Phi) is 8.13. The topological polar surface area (TPSA) is 102 Å². The van der Waals surface area contributed by atoms with Gasteiger partial charge < -0.3 is 15.0 Å². The van der Waals surface area contributed by atoms with Crippen LogP contribution in [0.3, 0.4) is 0 Å². The molecular weight excluding hydrogens is 560 g/mol. The van der Waals surface area contributed by atoms with Gasteiger partial charge in [-0.05, 0) is 43.3 Å². The number of hydrogen-bond acceptors (Lipinski definition) is 8. The summed E-state index contributed by atoms with van der Waals surface area (Å²) in [6, 6.07) is 19.5. The van der Waals surface area contributed by atoms with E-state index in [1.807, 2.05) is 63.2 Å². The SMILES string of the molecule is CC.Cc1cc(CC(=O)Nc2ccc3sc4c(-c5cccn6c(=O)cc(N7CCOCC7)nc56)cccc4c3c2)ncn1. The van der Waals surface area contributed by atoms with Crippen LogP contribution in [0.4, 0.5) is 11.5 Å². The predicted octanol–water partition coefficient (Wildman–Crippen LogP) is 5.87. The molecule has 1 amide bonds. The highest BCUT2D eigenvalue weighted by Gasteiger charge is 2.18. The van der Waals surface area contributed by atoms with Crippen molar-refractivity contribution in [3.63, 3.8) is 0 Å². The smallest absolute Gasteiger partial charge is 0.259 e. The first-order valence-electron chi connectivity index (χ1n) is 14.4. The zero-order valence-electron chi connectivity index (χ0n) is 24.3. The Labute approximate surface area is 252 Å². The Bertz CT molecular complexity index is 2010. The molecule has 7 rings (SSSR count). The van der Waals surface area contributed by atoms with Crippen molar-refractivity contribution in [1.82, 2.24) is 19.4 Å². The van der Waals surface area contributed by atoms with Gasteiger partial charge in [0.05, 0.1) is 25.3 Å². The van der Waals surface area contributed by atoms with Crippen molar-refractivity contribution in [2.45, 2.75) is 27.2 Å². The normalized spacial score (nSPS) is 13.2. The third-order valence-electron chi connectivity index (χ3n) is 7.29. The minimum Gasteiger partial charge on any atom is -0.378 e. The number of nitrogens with one attached hydrogen (secondary N) is 1. The van der Waals surface area contributed by atoms with Crippen LogP contribution in [0.5, 0.6) is 0 Å². The van der Waals surface area contributed by atoms with Gasteiger partial charge in [0.2, 0.25) is 5.91 Å². The van der Waals surface area contributed by atoms with E-state index in [1.54, 1.807) is 28.0 Å². The molecule has 218 valence electrons. The fourth-order valence-corrected chi connectivity index (χ4v) is 6.55. The van der Waals surface area contributed by atoms with E-state index < -0.39 is 0 Å². The molecule has 1 fully saturated rings. The fraction of sp³-hybridized carbons (Fsp3) is 0.242. The van der Waals surface area contributed by atoms with E-state index in [9.17, 15) is 9.59 Å². The number of morpholine rings is 1. The van der Waals surface area contributed by atoms with E-state index in [0.29, 0.717) is 43.5 Å². The molecule has 0 bridgehead atoms. The molecule has 1 saturated heterocycles. The highest BCUT2D eigenvalue weighted by molar-refractivity contribution is 7.26. The van der Waals surface area contributed by atoms with Crippen LogP contribution >= 0.6 is 11.3 Å². The molecule has 0 saturated carbocycles. The number of aryl methyl sites for hydroxylation is 1. The molecule has 5 heterocycles. The van der Waals surface area contributed by atoms with Gasteiger partial charge in [-0.1, -0.05) is 32.0 Å². The minimum absolute atomic E-state index is 0.112. The largest absolute Gasteiger partial charge is 0.378 e. The van der Waals surface area contributed by atoms with E-state index in [0.717, 1.165) is 42.7 Å². The number of ether oxygens (including phenoxy) is 1. The number of fused-ring (bicyclic) bond motifs is 4. The summed E-state index contributed by atoms with van der Waals surface area (Å²) in [6.45, 7) is 8.52. The van der Waals surface area contributed by atoms with Crippen molar-refractivity contribution in [2.75, 3.05) is 36.5 Å². The summed E-state index contributed by atoms with van der Waals surface area (Å²) < 4.78 is 9.31. The van der Waals surface area contributed by atoms with Gasteiger partial charge in [-0.2, -0.15) is 0 Å². The second-order valence-electron chi connectivity index (χ2n) is 10.0. The first-order chi connectivity index (χ1) is 21.0. The summed E-state index contributed by atoms with van der Waals surface area (Å²) in [5.41, 5.74) is 4.66. The third-order valence-corrected chi connectivity index (χ3v) is 8.51. The number of thiophene rings is 1. The average Bonchev–Trinajstić information content (AvgIpc) is 3.40. The maximum Gasteiger partial charge on any atom is 0.259 e. The maximum absolute atomic E-state index is 13.1. The molecule has 43 heavy (non-hydrogen) atoms. The van der Waals surface area contributed by atoms with E-state index in [1.165, 1.54) is 6.33 Å². The minimum atomic E-state index is -0.133. The fourth-order valence-electron chi connectivity index (χ4n) is 5.34. The molecule has 1 aliphatic rings. The van der Waals surface area contributed by atoms with Gasteiger partial charge in [-0.25, -0.2) is 15.0 Å². The number of hydrogen-bond donors (Lipinski definition) is 1. The molecule has 0 atom stereocenters. The molecule has 0 spiro atoms. The highest BCUT2D eigenvalue weighted by Crippen LogP contribution is 2.41. The predicted molar refractivity (Wildman–Crippen MR) is 173 cm³/mol. The number of nitrogens with zero attached hydrogens (tertiary/aromatic N) is 5. The molecule has 0 aliphatic carbocycles. The summed E-state index contributed by atoms with van der Waals surface area (Å²) in [4.78, 5) is 41.2. The van der Waals surface area contributed by atoms with Crippen LogP contribution in [-0.2, 0) is 16.0 Å². The van der Waals surface area contributed by atoms with Crippen molar-refractivity contribution in [3.8, 4) is 11.1 Å². The van der Waals surface area contributed by atoms with Crippen LogP contribution in [0, 0.1) is 6.92 Å². The molecule has 6 aromatic rings. The summed E-state index contributed by atoms with van der Waals surface area (Å²) in [6.07, 6.45) is 3.42. The Hall–Kier alpha value is -4.67. The van der Waals surface area contributed by atoms with Gasteiger partial charge in [0, 0.05) is 68.0 Å². The molecule has 2 aromatic carbocycles. The lowest BCUT2D eigenvalue weighted by Crippen LogP contribution is -2.37. The third kappa shape index (κ3) is 5.71. The van der Waals surface area contributed by atoms with Crippen molar-refractivity contribution in [3.05, 3.63) is 94.9 Å². The number of carbonyl (C=O) groups is 1. The lowest BCUT2D eigenvalue weighted by atomic mass is 10.0. The summed E-state index contributed by atoms with van der Waals surface area (Å²) >= 11 is 1.69. The number of pyridine rings is 1. The number of carbonyl (C=O) groups excluding carboxylic acids is 1. The molecule has 0 unspecified atom stereocenters. The van der Waals surface area contributed by atoms with E-state index in [4.69, 9.17) is 9.72 Å². The van der Waals surface area contributed by atoms with Gasteiger partial charge >= 0.3 is 0 Å². The molecule has 9 nitrogen and oxygen atoms in total. The zero-order valence-corrected chi connectivity index (χ0v) is 25.1. The van der Waals surface area contributed by atoms with Crippen LogP contribution in [0.15, 0.2) is 78.0 Å². The van der Waals surface area contributed by atoms with Gasteiger partial charge in [0.25, 0.3) is 5.56 Å². The molecule has 1 N–H and O–H groups in total. The van der Waals surface area contributed by atoms with Crippen LogP contribution in [0.1, 0.15) is 25.2 Å². The Morgan fingerprint density at radius 3 is 2.60 bits per heavy atom. The monoisotopic (exact) mass is 592 g/mol. The van der Waals surface area contributed by atoms with Crippen LogP contribution < -0.4 is 15.8 Å². The standard InChI is InChI=1S/C31H26N6O3S.C2H6/c1-19-14-21(33-18-32-19)16-28(38)34-20-7-8-26-25(15-20)23-5-2-4-22(30(23)41-26)24-6-3-9-37-29(39)17-27(35-31(24)37)36-10-12-40-13-11-36;1-2/h2-9,14-15,17-18H,10-13,16H2,1H3,(H,34,38);1-2H3. The quantitative estimate of drug-likeness (QED) is 0.267. The second kappa shape index (κ2) is 12.3. The summed E-state index contributed by atoms with van der Waals surface area (Å²) in [5.74, 6) is 0.540. The van der Waals surface area contributed by atoms with E-state index in [-0.39, 0.29) is 17.9 Å². The van der Waals surface area contributed by atoms with Crippen LogP contribution in [0.2, 0.25) is 0 Å². The number of rotatable bonds is 5. The van der Waals surface area contributed by atoms with Crippen molar-refractivity contribution in [1.29, 1.82) is 0 Å². The average molecular weight is 593 g/mol. The van der Waals surface area contributed by atoms with Crippen LogP contribution in [0.25, 0.3) is 36.9 Å². The first kappa shape index (κ1) is 28.4. The van der Waals surface area contributed by atoms with Crippen molar-refractivity contribution in [2.24, 2.45) is 0 Å². The Morgan fingerprint density at radius 2 is 1.79 bits per heavy atom. The van der Waals surface area contributed by atoms with Crippen molar-refractivity contribution >= 4 is 54.6 Å². The summed E-state index contributed by atoms with van der Waals surface area (Å²) in [7, 11) is 0. The van der Waals surface area contributed by atoms with E-state index >= 15 is 0 Å². The maximum atomic E-state index is 13.1. The lowest BCUT2D eigenvalue weighted by Gasteiger charge is -2.27. The molecule has 0 radical (unpaired) electrons. The molecule has 10 heteroatoms. The second-order valence-corrected chi connectivity index (χ2v) is 11.1. The Balaban J connectivity index is 0.00000161.